The summed E-state index contributed by atoms with van der Waals surface area (Å²) in [5.41, 5.74) is 6.69. The van der Waals surface area contributed by atoms with E-state index in [9.17, 15) is 13.2 Å². The highest BCUT2D eigenvalue weighted by molar-refractivity contribution is 7.14. The molecule has 2 aromatic rings. The Morgan fingerprint density at radius 3 is 2.70 bits per heavy atom. The quantitative estimate of drug-likeness (QED) is 0.944. The molecular weight excluding hydrogens is 291 g/mol. The number of ether oxygens (including phenoxy) is 1. The lowest BCUT2D eigenvalue weighted by molar-refractivity contribution is -0.154. The van der Waals surface area contributed by atoms with E-state index in [4.69, 9.17) is 11.0 Å². The molecule has 2 heterocycles. The minimum absolute atomic E-state index is 0.181. The molecule has 0 aliphatic heterocycles. The van der Waals surface area contributed by atoms with Crippen LogP contribution in [0.3, 0.4) is 0 Å². The van der Waals surface area contributed by atoms with E-state index in [1.165, 1.54) is 17.4 Å². The van der Waals surface area contributed by atoms with Gasteiger partial charge in [0.2, 0.25) is 5.88 Å². The van der Waals surface area contributed by atoms with Crippen LogP contribution in [0.2, 0.25) is 0 Å². The fraction of sp³-hybridized carbons (Fsp3) is 0.167. The van der Waals surface area contributed by atoms with Crippen LogP contribution in [-0.2, 0) is 0 Å². The van der Waals surface area contributed by atoms with Gasteiger partial charge in [0.1, 0.15) is 6.07 Å². The number of halogens is 3. The van der Waals surface area contributed by atoms with Gasteiger partial charge in [-0.25, -0.2) is 4.98 Å². The Labute approximate surface area is 116 Å². The van der Waals surface area contributed by atoms with E-state index in [0.29, 0.717) is 16.1 Å². The first-order valence-electron chi connectivity index (χ1n) is 5.33. The Kier molecular flexibility index (Phi) is 3.81. The summed E-state index contributed by atoms with van der Waals surface area (Å²) in [5, 5.41) is 11.0. The molecule has 0 amide bonds. The molecule has 2 rings (SSSR count). The van der Waals surface area contributed by atoms with Crippen LogP contribution in [0.1, 0.15) is 5.56 Å². The number of alkyl halides is 3. The van der Waals surface area contributed by atoms with Crippen molar-refractivity contribution in [1.82, 2.24) is 4.98 Å². The minimum Gasteiger partial charge on any atom is -0.468 e. The number of thiophene rings is 1. The summed E-state index contributed by atoms with van der Waals surface area (Å²) in [6.07, 6.45) is -3.30. The molecule has 0 aliphatic carbocycles. The van der Waals surface area contributed by atoms with Crippen LogP contribution in [0.25, 0.3) is 11.1 Å². The molecule has 0 spiro atoms. The van der Waals surface area contributed by atoms with Crippen molar-refractivity contribution >= 4 is 16.3 Å². The molecular formula is C12H8F3N3OS. The van der Waals surface area contributed by atoms with Gasteiger partial charge in [-0.1, -0.05) is 0 Å². The molecule has 2 N–H and O–H groups in total. The summed E-state index contributed by atoms with van der Waals surface area (Å²) in [7, 11) is 0. The molecule has 0 fully saturated rings. The average Bonchev–Trinajstić information content (AvgIpc) is 2.82. The number of hydrogen-bond acceptors (Lipinski definition) is 5. The standard InChI is InChI=1S/C12H8F3N3OS/c13-12(14,15)6-19-11-9(1-7(3-16)4-18-11)8-2-10(17)20-5-8/h1-2,4-5H,6,17H2. The van der Waals surface area contributed by atoms with Gasteiger partial charge in [0.15, 0.2) is 6.61 Å². The number of nitrogen functional groups attached to an aromatic ring is 1. The van der Waals surface area contributed by atoms with Crippen molar-refractivity contribution in [2.75, 3.05) is 12.3 Å². The van der Waals surface area contributed by atoms with Gasteiger partial charge < -0.3 is 10.5 Å². The minimum atomic E-state index is -4.46. The summed E-state index contributed by atoms with van der Waals surface area (Å²) in [6.45, 7) is -1.45. The average molecular weight is 299 g/mol. The Balaban J connectivity index is 2.39. The first-order valence-corrected chi connectivity index (χ1v) is 6.21. The molecule has 2 aromatic heterocycles. The summed E-state index contributed by atoms with van der Waals surface area (Å²) in [6, 6.07) is 4.88. The number of rotatable bonds is 3. The van der Waals surface area contributed by atoms with Gasteiger partial charge in [-0.3, -0.25) is 0 Å². The van der Waals surface area contributed by atoms with Crippen molar-refractivity contribution in [2.45, 2.75) is 6.18 Å². The third-order valence-electron chi connectivity index (χ3n) is 2.28. The number of nitriles is 1. The van der Waals surface area contributed by atoms with Crippen LogP contribution in [0.5, 0.6) is 5.88 Å². The molecule has 104 valence electrons. The summed E-state index contributed by atoms with van der Waals surface area (Å²) < 4.78 is 41.3. The molecule has 0 radical (unpaired) electrons. The van der Waals surface area contributed by atoms with E-state index in [1.54, 1.807) is 11.4 Å². The van der Waals surface area contributed by atoms with Gasteiger partial charge >= 0.3 is 6.18 Å². The van der Waals surface area contributed by atoms with Gasteiger partial charge in [0, 0.05) is 17.1 Å². The monoisotopic (exact) mass is 299 g/mol. The predicted octanol–water partition coefficient (Wildman–Crippen LogP) is 3.21. The highest BCUT2D eigenvalue weighted by Gasteiger charge is 2.29. The SMILES string of the molecule is N#Cc1cnc(OCC(F)(F)F)c(-c2csc(N)c2)c1. The molecule has 0 bridgehead atoms. The highest BCUT2D eigenvalue weighted by Crippen LogP contribution is 2.34. The largest absolute Gasteiger partial charge is 0.468 e. The molecule has 0 saturated heterocycles. The molecule has 4 nitrogen and oxygen atoms in total. The maximum Gasteiger partial charge on any atom is 0.422 e. The normalized spacial score (nSPS) is 11.1. The first-order chi connectivity index (χ1) is 9.39. The van der Waals surface area contributed by atoms with E-state index < -0.39 is 12.8 Å². The van der Waals surface area contributed by atoms with Gasteiger partial charge in [0.05, 0.1) is 10.6 Å². The zero-order chi connectivity index (χ0) is 14.8. The van der Waals surface area contributed by atoms with Crippen LogP contribution < -0.4 is 10.5 Å². The van der Waals surface area contributed by atoms with E-state index in [2.05, 4.69) is 9.72 Å². The number of anilines is 1. The number of pyridine rings is 1. The van der Waals surface area contributed by atoms with Crippen LogP contribution in [0.4, 0.5) is 18.2 Å². The summed E-state index contributed by atoms with van der Waals surface area (Å²) >= 11 is 1.23. The first kappa shape index (κ1) is 14.1. The molecule has 0 atom stereocenters. The van der Waals surface area contributed by atoms with Gasteiger partial charge in [0.25, 0.3) is 0 Å². The number of nitrogens with zero attached hydrogens (tertiary/aromatic N) is 2. The Morgan fingerprint density at radius 2 is 2.15 bits per heavy atom. The van der Waals surface area contributed by atoms with Gasteiger partial charge in [-0.15, -0.1) is 11.3 Å². The van der Waals surface area contributed by atoms with E-state index in [0.717, 1.165) is 6.20 Å². The lowest BCUT2D eigenvalue weighted by atomic mass is 10.1. The molecule has 20 heavy (non-hydrogen) atoms. The second-order valence-electron chi connectivity index (χ2n) is 3.83. The van der Waals surface area contributed by atoms with Crippen molar-refractivity contribution in [3.05, 3.63) is 29.3 Å². The fourth-order valence-electron chi connectivity index (χ4n) is 1.48. The number of nitrogens with two attached hydrogens (primary N) is 1. The number of aromatic nitrogens is 1. The van der Waals surface area contributed by atoms with Crippen LogP contribution in [0, 0.1) is 11.3 Å². The zero-order valence-electron chi connectivity index (χ0n) is 9.94. The zero-order valence-corrected chi connectivity index (χ0v) is 10.8. The maximum absolute atomic E-state index is 12.2. The smallest absolute Gasteiger partial charge is 0.422 e. The predicted molar refractivity (Wildman–Crippen MR) is 68.2 cm³/mol. The number of hydrogen-bond donors (Lipinski definition) is 1. The highest BCUT2D eigenvalue weighted by atomic mass is 32.1. The lowest BCUT2D eigenvalue weighted by Gasteiger charge is -2.11. The molecule has 0 saturated carbocycles. The van der Waals surface area contributed by atoms with Crippen LogP contribution >= 0.6 is 11.3 Å². The fourth-order valence-corrected chi connectivity index (χ4v) is 2.13. The summed E-state index contributed by atoms with van der Waals surface area (Å²) in [4.78, 5) is 3.76. The van der Waals surface area contributed by atoms with E-state index in [1.807, 2.05) is 6.07 Å². The third-order valence-corrected chi connectivity index (χ3v) is 3.05. The van der Waals surface area contributed by atoms with Crippen molar-refractivity contribution < 1.29 is 17.9 Å². The molecule has 0 aromatic carbocycles. The van der Waals surface area contributed by atoms with Gasteiger partial charge in [-0.2, -0.15) is 18.4 Å². The maximum atomic E-state index is 12.2. The van der Waals surface area contributed by atoms with E-state index in [-0.39, 0.29) is 11.4 Å². The van der Waals surface area contributed by atoms with Crippen LogP contribution in [-0.4, -0.2) is 17.8 Å². The molecule has 0 aliphatic rings. The summed E-state index contributed by atoms with van der Waals surface area (Å²) in [5.74, 6) is -0.181. The van der Waals surface area contributed by atoms with Crippen molar-refractivity contribution in [1.29, 1.82) is 5.26 Å². The second-order valence-corrected chi connectivity index (χ2v) is 4.77. The van der Waals surface area contributed by atoms with E-state index >= 15 is 0 Å². The van der Waals surface area contributed by atoms with Crippen molar-refractivity contribution in [3.8, 4) is 23.1 Å². The van der Waals surface area contributed by atoms with Crippen molar-refractivity contribution in [3.63, 3.8) is 0 Å². The Bertz CT molecular complexity index is 661. The van der Waals surface area contributed by atoms with Gasteiger partial charge in [-0.05, 0) is 17.7 Å². The second kappa shape index (κ2) is 5.38. The van der Waals surface area contributed by atoms with Crippen LogP contribution in [0.15, 0.2) is 23.7 Å². The Morgan fingerprint density at radius 1 is 1.40 bits per heavy atom. The topological polar surface area (TPSA) is 71.9 Å². The molecule has 0 unspecified atom stereocenters. The van der Waals surface area contributed by atoms with Crippen molar-refractivity contribution in [2.24, 2.45) is 0 Å². The third kappa shape index (κ3) is 3.39. The lowest BCUT2D eigenvalue weighted by Crippen LogP contribution is -2.20. The Hall–Kier alpha value is -2.27. The molecule has 8 heteroatoms.